The Bertz CT molecular complexity index is 2410. The van der Waals surface area contributed by atoms with E-state index in [4.69, 9.17) is 20.9 Å². The molecule has 0 aliphatic heterocycles. The number of rotatable bonds is 7. The van der Waals surface area contributed by atoms with Crippen LogP contribution in [0.2, 0.25) is 0 Å². The first-order chi connectivity index (χ1) is 28.2. The van der Waals surface area contributed by atoms with Crippen LogP contribution in [0.15, 0.2) is 97.1 Å². The van der Waals surface area contributed by atoms with Crippen LogP contribution in [0.4, 0.5) is 11.4 Å². The maximum Gasteiger partial charge on any atom is 0.142 e. The fraction of sp³-hybridized carbons (Fsp3) is 0.385. The van der Waals surface area contributed by atoms with E-state index < -0.39 is 0 Å². The van der Waals surface area contributed by atoms with Gasteiger partial charge in [0.1, 0.15) is 34.5 Å². The number of anilines is 2. The fourth-order valence-corrected chi connectivity index (χ4v) is 14.5. The molecule has 6 aromatic rings. The second-order valence-corrected chi connectivity index (χ2v) is 19.7. The molecule has 8 saturated carbocycles. The highest BCUT2D eigenvalue weighted by Crippen LogP contribution is 2.64. The van der Waals surface area contributed by atoms with Crippen molar-refractivity contribution >= 4 is 32.9 Å². The third-order valence-corrected chi connectivity index (χ3v) is 15.9. The van der Waals surface area contributed by atoms with Gasteiger partial charge in [-0.2, -0.15) is 0 Å². The molecule has 6 nitrogen and oxygen atoms in total. The van der Waals surface area contributed by atoms with Gasteiger partial charge >= 0.3 is 0 Å². The topological polar surface area (TPSA) is 111 Å². The van der Waals surface area contributed by atoms with Crippen molar-refractivity contribution in [3.05, 3.63) is 108 Å². The molecular formula is C52H52N2O4. The summed E-state index contributed by atoms with van der Waals surface area (Å²) in [5, 5.41) is 26.6. The molecule has 8 bridgehead atoms. The molecule has 8 aliphatic rings. The van der Waals surface area contributed by atoms with E-state index >= 15 is 0 Å². The zero-order valence-corrected chi connectivity index (χ0v) is 33.1. The van der Waals surface area contributed by atoms with Gasteiger partial charge < -0.3 is 31.2 Å². The normalized spacial score (nSPS) is 30.3. The van der Waals surface area contributed by atoms with Crippen LogP contribution in [0, 0.1) is 35.5 Å². The van der Waals surface area contributed by atoms with E-state index in [0.29, 0.717) is 34.4 Å². The standard InChI is InChI=1S/C52H52N2O4/c53-41-19-39(51-23-29-13-30(24-51)15-31(14-29)25-51)47(21-43(41)55)57-45-11-9-35-5-1-3-7-37(35)49(45)50-38-8-4-2-6-36(38)10-12-46(50)58-48-22-44(56)42(54)20-40(48)52-26-32-16-33(27-52)18-34(17-32)28-52/h1-12,19-22,29-34,55-56H,13-18,23-28,53-54H2. The molecule has 294 valence electrons. The highest BCUT2D eigenvalue weighted by atomic mass is 16.5. The SMILES string of the molecule is Nc1cc(C23CC4CC(CC(C4)C2)C3)c(Oc2ccc3ccccc3c2-c2c(Oc3cc(O)c(N)cc3C34CC5CC(CC(C5)C3)C4)ccc3ccccc23)cc1O. The third-order valence-electron chi connectivity index (χ3n) is 15.9. The number of benzene rings is 6. The van der Waals surface area contributed by atoms with Crippen molar-refractivity contribution < 1.29 is 19.7 Å². The van der Waals surface area contributed by atoms with Crippen LogP contribution in [0.3, 0.4) is 0 Å². The molecule has 0 radical (unpaired) electrons. The highest BCUT2D eigenvalue weighted by molar-refractivity contribution is 6.10. The van der Waals surface area contributed by atoms with Crippen molar-refractivity contribution in [3.63, 3.8) is 0 Å². The van der Waals surface area contributed by atoms with Gasteiger partial charge in [0.05, 0.1) is 11.4 Å². The summed E-state index contributed by atoms with van der Waals surface area (Å²) >= 11 is 0. The summed E-state index contributed by atoms with van der Waals surface area (Å²) in [6.45, 7) is 0. The molecule has 6 heteroatoms. The van der Waals surface area contributed by atoms with E-state index in [9.17, 15) is 10.2 Å². The summed E-state index contributed by atoms with van der Waals surface area (Å²) in [5.41, 5.74) is 18.0. The summed E-state index contributed by atoms with van der Waals surface area (Å²) in [6, 6.07) is 32.9. The maximum absolute atomic E-state index is 11.2. The van der Waals surface area contributed by atoms with Gasteiger partial charge in [-0.15, -0.1) is 0 Å². The Morgan fingerprint density at radius 1 is 0.431 bits per heavy atom. The van der Waals surface area contributed by atoms with Gasteiger partial charge in [0.2, 0.25) is 0 Å². The molecule has 6 aromatic carbocycles. The van der Waals surface area contributed by atoms with E-state index in [1.807, 2.05) is 12.1 Å². The lowest BCUT2D eigenvalue weighted by Gasteiger charge is -2.57. The Kier molecular flexibility index (Phi) is 7.51. The molecule has 0 spiro atoms. The minimum atomic E-state index is -0.0125. The van der Waals surface area contributed by atoms with Gasteiger partial charge in [0.25, 0.3) is 0 Å². The average molecular weight is 769 g/mol. The van der Waals surface area contributed by atoms with Gasteiger partial charge in [-0.1, -0.05) is 60.7 Å². The predicted octanol–water partition coefficient (Wildman–Crippen LogP) is 12.8. The lowest BCUT2D eigenvalue weighted by atomic mass is 9.48. The molecule has 0 unspecified atom stereocenters. The lowest BCUT2D eigenvalue weighted by molar-refractivity contribution is -0.00612. The molecule has 0 atom stereocenters. The first kappa shape index (κ1) is 34.7. The molecule has 0 heterocycles. The van der Waals surface area contributed by atoms with Crippen LogP contribution in [-0.2, 0) is 10.8 Å². The molecule has 0 saturated heterocycles. The lowest BCUT2D eigenvalue weighted by Crippen LogP contribution is -2.48. The zero-order chi connectivity index (χ0) is 38.9. The number of nitrogen functional groups attached to an aromatic ring is 2. The van der Waals surface area contributed by atoms with Crippen molar-refractivity contribution in [2.45, 2.75) is 87.9 Å². The van der Waals surface area contributed by atoms with Gasteiger partial charge in [-0.25, -0.2) is 0 Å². The van der Waals surface area contributed by atoms with Crippen LogP contribution in [-0.4, -0.2) is 10.2 Å². The zero-order valence-electron chi connectivity index (χ0n) is 33.1. The van der Waals surface area contributed by atoms with Crippen molar-refractivity contribution in [2.24, 2.45) is 35.5 Å². The molecule has 6 N–H and O–H groups in total. The minimum absolute atomic E-state index is 0.0125. The predicted molar refractivity (Wildman–Crippen MR) is 232 cm³/mol. The number of ether oxygens (including phenoxy) is 2. The van der Waals surface area contributed by atoms with E-state index in [-0.39, 0.29) is 22.3 Å². The second-order valence-electron chi connectivity index (χ2n) is 19.7. The summed E-state index contributed by atoms with van der Waals surface area (Å²) < 4.78 is 14.6. The Morgan fingerprint density at radius 2 is 0.776 bits per heavy atom. The first-order valence-electron chi connectivity index (χ1n) is 21.8. The number of aromatic hydroxyl groups is 2. The number of phenols is 2. The van der Waals surface area contributed by atoms with Crippen LogP contribution < -0.4 is 20.9 Å². The number of fused-ring (bicyclic) bond motifs is 2. The summed E-state index contributed by atoms with van der Waals surface area (Å²) in [5.74, 6) is 7.23. The quantitative estimate of drug-likeness (QED) is 0.0951. The number of hydrogen-bond donors (Lipinski definition) is 4. The van der Waals surface area contributed by atoms with Gasteiger partial charge in [-0.3, -0.25) is 0 Å². The van der Waals surface area contributed by atoms with Gasteiger partial charge in [-0.05, 0) is 169 Å². The Morgan fingerprint density at radius 3 is 1.14 bits per heavy atom. The molecule has 8 aliphatic carbocycles. The third kappa shape index (κ3) is 5.36. The van der Waals surface area contributed by atoms with Crippen molar-refractivity contribution in [1.29, 1.82) is 0 Å². The molecule has 14 rings (SSSR count). The average Bonchev–Trinajstić information content (AvgIpc) is 3.19. The monoisotopic (exact) mass is 768 g/mol. The second kappa shape index (κ2) is 12.6. The number of nitrogens with two attached hydrogens (primary N) is 2. The Hall–Kier alpha value is -5.36. The Balaban J connectivity index is 1.05. The smallest absolute Gasteiger partial charge is 0.142 e. The highest BCUT2D eigenvalue weighted by Gasteiger charge is 2.54. The van der Waals surface area contributed by atoms with E-state index in [1.165, 1.54) is 38.5 Å². The van der Waals surface area contributed by atoms with Gasteiger partial charge in [0.15, 0.2) is 0 Å². The van der Waals surface area contributed by atoms with E-state index in [0.717, 1.165) is 118 Å². The number of hydrogen-bond acceptors (Lipinski definition) is 6. The van der Waals surface area contributed by atoms with Crippen LogP contribution in [0.1, 0.15) is 88.2 Å². The summed E-state index contributed by atoms with van der Waals surface area (Å²) in [7, 11) is 0. The van der Waals surface area contributed by atoms with Gasteiger partial charge in [0, 0.05) is 34.4 Å². The largest absolute Gasteiger partial charge is 0.506 e. The molecular weight excluding hydrogens is 717 g/mol. The maximum atomic E-state index is 11.2. The first-order valence-corrected chi connectivity index (χ1v) is 21.8. The molecule has 58 heavy (non-hydrogen) atoms. The molecule has 8 fully saturated rings. The van der Waals surface area contributed by atoms with Crippen molar-refractivity contribution in [2.75, 3.05) is 11.5 Å². The van der Waals surface area contributed by atoms with E-state index in [1.54, 1.807) is 12.1 Å². The summed E-state index contributed by atoms with van der Waals surface area (Å²) in [4.78, 5) is 0. The molecule has 0 amide bonds. The van der Waals surface area contributed by atoms with Crippen LogP contribution in [0.5, 0.6) is 34.5 Å². The summed E-state index contributed by atoms with van der Waals surface area (Å²) in [6.07, 6.45) is 14.9. The number of phenolic OH excluding ortho intramolecular Hbond substituents is 2. The fourth-order valence-electron chi connectivity index (χ4n) is 14.5. The Labute approximate surface area is 340 Å². The van der Waals surface area contributed by atoms with Crippen LogP contribution >= 0.6 is 0 Å². The van der Waals surface area contributed by atoms with Crippen LogP contribution in [0.25, 0.3) is 32.7 Å². The van der Waals surface area contributed by atoms with Crippen molar-refractivity contribution in [1.82, 2.24) is 0 Å². The molecule has 0 aromatic heterocycles. The minimum Gasteiger partial charge on any atom is -0.506 e. The van der Waals surface area contributed by atoms with Crippen molar-refractivity contribution in [3.8, 4) is 45.6 Å². The van der Waals surface area contributed by atoms with E-state index in [2.05, 4.69) is 72.8 Å².